The molecule has 1 aromatic rings. The minimum absolute atomic E-state index is 0.223. The van der Waals surface area contributed by atoms with Gasteiger partial charge in [0.1, 0.15) is 12.4 Å². The molecule has 16 heavy (non-hydrogen) atoms. The van der Waals surface area contributed by atoms with Gasteiger partial charge >= 0.3 is 5.97 Å². The number of benzene rings is 1. The molecule has 3 nitrogen and oxygen atoms in total. The van der Waals surface area contributed by atoms with Crippen molar-refractivity contribution in [1.82, 2.24) is 0 Å². The largest absolute Gasteiger partial charge is 0.489 e. The number of aryl methyl sites for hydroxylation is 1. The first-order valence-electron chi connectivity index (χ1n) is 5.20. The van der Waals surface area contributed by atoms with E-state index in [9.17, 15) is 4.79 Å². The fraction of sp³-hybridized carbons (Fsp3) is 0.308. The van der Waals surface area contributed by atoms with Crippen molar-refractivity contribution in [2.24, 2.45) is 0 Å². The molecule has 1 aliphatic rings. The van der Waals surface area contributed by atoms with E-state index in [-0.39, 0.29) is 5.97 Å². The molecule has 0 amide bonds. The van der Waals surface area contributed by atoms with Crippen molar-refractivity contribution in [2.75, 3.05) is 13.7 Å². The zero-order valence-corrected chi connectivity index (χ0v) is 9.45. The molecule has 0 fully saturated rings. The summed E-state index contributed by atoms with van der Waals surface area (Å²) in [5.41, 5.74) is 3.12. The van der Waals surface area contributed by atoms with E-state index >= 15 is 0 Å². The monoisotopic (exact) mass is 218 g/mol. The fourth-order valence-corrected chi connectivity index (χ4v) is 1.75. The van der Waals surface area contributed by atoms with Crippen molar-refractivity contribution in [3.8, 4) is 5.75 Å². The van der Waals surface area contributed by atoms with Crippen molar-refractivity contribution in [3.63, 3.8) is 0 Å². The van der Waals surface area contributed by atoms with E-state index < -0.39 is 0 Å². The molecular formula is C13H14O3. The molecule has 0 saturated heterocycles. The van der Waals surface area contributed by atoms with Crippen LogP contribution in [0.15, 0.2) is 24.3 Å². The Labute approximate surface area is 94.7 Å². The second-order valence-corrected chi connectivity index (χ2v) is 3.79. The third-order valence-corrected chi connectivity index (χ3v) is 2.61. The average Bonchev–Trinajstić information content (AvgIpc) is 2.28. The first-order chi connectivity index (χ1) is 7.70. The predicted octanol–water partition coefficient (Wildman–Crippen LogP) is 2.33. The van der Waals surface area contributed by atoms with Crippen LogP contribution in [0.25, 0.3) is 5.57 Å². The van der Waals surface area contributed by atoms with Crippen LogP contribution in [0.2, 0.25) is 0 Å². The number of methoxy groups -OCH3 is 1. The van der Waals surface area contributed by atoms with Gasteiger partial charge in [-0.05, 0) is 30.2 Å². The summed E-state index contributed by atoms with van der Waals surface area (Å²) in [6, 6.07) is 5.98. The quantitative estimate of drug-likeness (QED) is 0.715. The molecule has 1 heterocycles. The van der Waals surface area contributed by atoms with E-state index in [4.69, 9.17) is 4.74 Å². The van der Waals surface area contributed by atoms with Gasteiger partial charge in [0, 0.05) is 5.56 Å². The van der Waals surface area contributed by atoms with Crippen molar-refractivity contribution >= 4 is 11.5 Å². The number of fused-ring (bicyclic) bond motifs is 1. The maximum absolute atomic E-state index is 11.3. The minimum atomic E-state index is -0.223. The van der Waals surface area contributed by atoms with Crippen LogP contribution in [0.3, 0.4) is 0 Å². The number of hydrogen-bond donors (Lipinski definition) is 0. The molecule has 0 spiro atoms. The molecule has 2 rings (SSSR count). The molecule has 1 aromatic carbocycles. The van der Waals surface area contributed by atoms with Gasteiger partial charge in [0.05, 0.1) is 13.5 Å². The van der Waals surface area contributed by atoms with Crippen LogP contribution in [0, 0.1) is 6.92 Å². The maximum Gasteiger partial charge on any atom is 0.309 e. The summed E-state index contributed by atoms with van der Waals surface area (Å²) in [7, 11) is 1.40. The molecule has 84 valence electrons. The third-order valence-electron chi connectivity index (χ3n) is 2.61. The summed E-state index contributed by atoms with van der Waals surface area (Å²) >= 11 is 0. The summed E-state index contributed by atoms with van der Waals surface area (Å²) in [5, 5.41) is 0. The van der Waals surface area contributed by atoms with E-state index in [2.05, 4.69) is 4.74 Å². The van der Waals surface area contributed by atoms with Gasteiger partial charge < -0.3 is 9.47 Å². The molecule has 0 aromatic heterocycles. The molecule has 0 radical (unpaired) electrons. The molecule has 0 N–H and O–H groups in total. The lowest BCUT2D eigenvalue weighted by molar-refractivity contribution is -0.139. The minimum Gasteiger partial charge on any atom is -0.489 e. The van der Waals surface area contributed by atoms with Crippen LogP contribution in [-0.2, 0) is 9.53 Å². The van der Waals surface area contributed by atoms with Gasteiger partial charge in [-0.2, -0.15) is 0 Å². The number of carbonyl (C=O) groups excluding carboxylic acids is 1. The number of ether oxygens (including phenoxy) is 2. The second-order valence-electron chi connectivity index (χ2n) is 3.79. The summed E-state index contributed by atoms with van der Waals surface area (Å²) in [4.78, 5) is 11.3. The Bertz CT molecular complexity index is 446. The van der Waals surface area contributed by atoms with E-state index in [1.54, 1.807) is 0 Å². The van der Waals surface area contributed by atoms with Gasteiger partial charge in [0.2, 0.25) is 0 Å². The lowest BCUT2D eigenvalue weighted by atomic mass is 9.98. The fourth-order valence-electron chi connectivity index (χ4n) is 1.75. The van der Waals surface area contributed by atoms with Crippen LogP contribution in [-0.4, -0.2) is 19.7 Å². The van der Waals surface area contributed by atoms with Gasteiger partial charge in [-0.15, -0.1) is 0 Å². The van der Waals surface area contributed by atoms with Crippen molar-refractivity contribution < 1.29 is 14.3 Å². The number of esters is 1. The first kappa shape index (κ1) is 10.7. The highest BCUT2D eigenvalue weighted by atomic mass is 16.5. The standard InChI is InChI=1S/C13H14O3/c1-9-3-4-11-10(8-13(14)15-2)5-6-16-12(11)7-9/h3-5,7H,6,8H2,1-2H3. The molecule has 0 bridgehead atoms. The van der Waals surface area contributed by atoms with Crippen LogP contribution < -0.4 is 4.74 Å². The van der Waals surface area contributed by atoms with Crippen molar-refractivity contribution in [2.45, 2.75) is 13.3 Å². The van der Waals surface area contributed by atoms with Gasteiger partial charge in [-0.3, -0.25) is 4.79 Å². The maximum atomic E-state index is 11.3. The zero-order chi connectivity index (χ0) is 11.5. The Morgan fingerprint density at radius 3 is 3.06 bits per heavy atom. The first-order valence-corrected chi connectivity index (χ1v) is 5.20. The Morgan fingerprint density at radius 1 is 1.50 bits per heavy atom. The van der Waals surface area contributed by atoms with E-state index in [0.29, 0.717) is 13.0 Å². The van der Waals surface area contributed by atoms with Gasteiger partial charge in [-0.25, -0.2) is 0 Å². The smallest absolute Gasteiger partial charge is 0.309 e. The number of hydrogen-bond acceptors (Lipinski definition) is 3. The Kier molecular flexibility index (Phi) is 2.95. The number of carbonyl (C=O) groups is 1. The van der Waals surface area contributed by atoms with Crippen LogP contribution >= 0.6 is 0 Å². The molecule has 0 unspecified atom stereocenters. The van der Waals surface area contributed by atoms with E-state index in [1.807, 2.05) is 31.2 Å². The van der Waals surface area contributed by atoms with Crippen LogP contribution in [0.4, 0.5) is 0 Å². The highest BCUT2D eigenvalue weighted by Crippen LogP contribution is 2.32. The van der Waals surface area contributed by atoms with Gasteiger partial charge in [-0.1, -0.05) is 12.1 Å². The molecule has 0 atom stereocenters. The molecule has 0 aliphatic carbocycles. The summed E-state index contributed by atoms with van der Waals surface area (Å²) < 4.78 is 10.2. The second kappa shape index (κ2) is 4.39. The zero-order valence-electron chi connectivity index (χ0n) is 9.45. The summed E-state index contributed by atoms with van der Waals surface area (Å²) in [5.74, 6) is 0.626. The topological polar surface area (TPSA) is 35.5 Å². The lowest BCUT2D eigenvalue weighted by Gasteiger charge is -2.18. The highest BCUT2D eigenvalue weighted by molar-refractivity contribution is 5.87. The Morgan fingerprint density at radius 2 is 2.31 bits per heavy atom. The third kappa shape index (κ3) is 2.08. The average molecular weight is 218 g/mol. The molecular weight excluding hydrogens is 204 g/mol. The summed E-state index contributed by atoms with van der Waals surface area (Å²) in [6.45, 7) is 2.53. The molecule has 3 heteroatoms. The van der Waals surface area contributed by atoms with Gasteiger partial charge in [0.15, 0.2) is 0 Å². The Balaban J connectivity index is 2.30. The number of rotatable bonds is 2. The van der Waals surface area contributed by atoms with E-state index in [0.717, 1.165) is 22.4 Å². The van der Waals surface area contributed by atoms with Crippen molar-refractivity contribution in [3.05, 3.63) is 35.4 Å². The molecule has 1 aliphatic heterocycles. The summed E-state index contributed by atoms with van der Waals surface area (Å²) in [6.07, 6.45) is 2.23. The van der Waals surface area contributed by atoms with E-state index in [1.165, 1.54) is 7.11 Å². The normalized spacial score (nSPS) is 13.5. The predicted molar refractivity (Wildman–Crippen MR) is 61.3 cm³/mol. The molecule has 0 saturated carbocycles. The van der Waals surface area contributed by atoms with Gasteiger partial charge in [0.25, 0.3) is 0 Å². The highest BCUT2D eigenvalue weighted by Gasteiger charge is 2.16. The van der Waals surface area contributed by atoms with Crippen LogP contribution in [0.1, 0.15) is 17.5 Å². The lowest BCUT2D eigenvalue weighted by Crippen LogP contribution is -2.08. The van der Waals surface area contributed by atoms with Crippen LogP contribution in [0.5, 0.6) is 5.75 Å². The SMILES string of the molecule is COC(=O)CC1=CCOc2cc(C)ccc21. The Hall–Kier alpha value is -1.77. The van der Waals surface area contributed by atoms with Crippen molar-refractivity contribution in [1.29, 1.82) is 0 Å².